The molecule has 1 aliphatic rings. The van der Waals surface area contributed by atoms with E-state index in [-0.39, 0.29) is 0 Å². The third kappa shape index (κ3) is 5.64. The highest BCUT2D eigenvalue weighted by Gasteiger charge is 2.20. The smallest absolute Gasteiger partial charge is 0.191 e. The fraction of sp³-hybridized carbons (Fsp3) is 0.450. The van der Waals surface area contributed by atoms with Gasteiger partial charge in [0.2, 0.25) is 0 Å². The van der Waals surface area contributed by atoms with Crippen LogP contribution in [0.4, 0.5) is 5.00 Å². The molecule has 26 heavy (non-hydrogen) atoms. The number of benzene rings is 1. The molecule has 3 rings (SSSR count). The van der Waals surface area contributed by atoms with Crippen LogP contribution in [0, 0.1) is 0 Å². The summed E-state index contributed by atoms with van der Waals surface area (Å²) < 4.78 is 0. The first kappa shape index (κ1) is 19.1. The quantitative estimate of drug-likeness (QED) is 0.441. The van der Waals surface area contributed by atoms with Crippen LogP contribution in [0.15, 0.2) is 46.8 Å². The standard InChI is InChI=1S/C20H27ClN4S/c1-22-20(23-12-2-4-16-6-8-17(21)9-7-16)24-18-10-13-25(14-11-18)19-5-3-15-26-19/h3,5-9,15,18H,2,4,10-14H2,1H3,(H2,22,23,24). The average Bonchev–Trinajstić information content (AvgIpc) is 3.21. The van der Waals surface area contributed by atoms with Crippen LogP contribution >= 0.6 is 22.9 Å². The van der Waals surface area contributed by atoms with Crippen LogP contribution < -0.4 is 15.5 Å². The molecule has 0 aliphatic carbocycles. The van der Waals surface area contributed by atoms with E-state index in [0.29, 0.717) is 6.04 Å². The number of piperidine rings is 1. The van der Waals surface area contributed by atoms with E-state index in [9.17, 15) is 0 Å². The number of hydrogen-bond donors (Lipinski definition) is 2. The van der Waals surface area contributed by atoms with Crippen molar-refractivity contribution in [1.82, 2.24) is 10.6 Å². The molecule has 4 nitrogen and oxygen atoms in total. The molecule has 0 amide bonds. The summed E-state index contributed by atoms with van der Waals surface area (Å²) >= 11 is 7.75. The van der Waals surface area contributed by atoms with E-state index in [0.717, 1.165) is 56.3 Å². The van der Waals surface area contributed by atoms with Crippen molar-refractivity contribution < 1.29 is 0 Å². The van der Waals surface area contributed by atoms with Gasteiger partial charge >= 0.3 is 0 Å². The minimum absolute atomic E-state index is 0.494. The molecular formula is C20H27ClN4S. The lowest BCUT2D eigenvalue weighted by Crippen LogP contribution is -2.48. The van der Waals surface area contributed by atoms with Gasteiger partial charge in [0.05, 0.1) is 5.00 Å². The van der Waals surface area contributed by atoms with Gasteiger partial charge in [0, 0.05) is 37.7 Å². The van der Waals surface area contributed by atoms with Gasteiger partial charge in [-0.15, -0.1) is 11.3 Å². The summed E-state index contributed by atoms with van der Waals surface area (Å²) in [6.45, 7) is 3.12. The van der Waals surface area contributed by atoms with Crippen molar-refractivity contribution in [2.24, 2.45) is 4.99 Å². The predicted octanol–water partition coefficient (Wildman–Crippen LogP) is 4.17. The van der Waals surface area contributed by atoms with Gasteiger partial charge in [0.25, 0.3) is 0 Å². The fourth-order valence-electron chi connectivity index (χ4n) is 3.23. The molecule has 0 spiro atoms. The number of aryl methyl sites for hydroxylation is 1. The lowest BCUT2D eigenvalue weighted by Gasteiger charge is -2.33. The number of anilines is 1. The number of halogens is 1. The van der Waals surface area contributed by atoms with E-state index < -0.39 is 0 Å². The number of nitrogens with one attached hydrogen (secondary N) is 2. The van der Waals surface area contributed by atoms with Crippen molar-refractivity contribution in [2.75, 3.05) is 31.6 Å². The van der Waals surface area contributed by atoms with Crippen molar-refractivity contribution in [1.29, 1.82) is 0 Å². The van der Waals surface area contributed by atoms with Crippen LogP contribution in [-0.4, -0.2) is 38.7 Å². The minimum atomic E-state index is 0.494. The molecule has 1 aliphatic heterocycles. The van der Waals surface area contributed by atoms with Gasteiger partial charge < -0.3 is 15.5 Å². The number of guanidine groups is 1. The Morgan fingerprint density at radius 2 is 2.00 bits per heavy atom. The van der Waals surface area contributed by atoms with Crippen molar-refractivity contribution in [2.45, 2.75) is 31.7 Å². The number of rotatable bonds is 6. The molecule has 140 valence electrons. The lowest BCUT2D eigenvalue weighted by molar-refractivity contribution is 0.462. The molecule has 0 saturated carbocycles. The Balaban J connectivity index is 1.35. The predicted molar refractivity (Wildman–Crippen MR) is 114 cm³/mol. The molecule has 1 saturated heterocycles. The Bertz CT molecular complexity index is 676. The summed E-state index contributed by atoms with van der Waals surface area (Å²) in [5, 5.41) is 11.3. The minimum Gasteiger partial charge on any atom is -0.363 e. The van der Waals surface area contributed by atoms with E-state index in [2.05, 4.69) is 50.2 Å². The average molecular weight is 391 g/mol. The first-order chi connectivity index (χ1) is 12.7. The summed E-state index contributed by atoms with van der Waals surface area (Å²) in [6, 6.07) is 12.9. The van der Waals surface area contributed by atoms with E-state index in [1.807, 2.05) is 30.5 Å². The maximum Gasteiger partial charge on any atom is 0.191 e. The molecule has 0 unspecified atom stereocenters. The van der Waals surface area contributed by atoms with E-state index in [1.165, 1.54) is 10.6 Å². The summed E-state index contributed by atoms with van der Waals surface area (Å²) in [4.78, 5) is 6.85. The van der Waals surface area contributed by atoms with Gasteiger partial charge in [0.15, 0.2) is 5.96 Å². The van der Waals surface area contributed by atoms with Gasteiger partial charge in [0.1, 0.15) is 0 Å². The zero-order valence-electron chi connectivity index (χ0n) is 15.2. The van der Waals surface area contributed by atoms with Crippen molar-refractivity contribution in [3.05, 3.63) is 52.4 Å². The molecule has 1 fully saturated rings. The molecule has 1 aromatic carbocycles. The zero-order chi connectivity index (χ0) is 18.2. The van der Waals surface area contributed by atoms with E-state index in [4.69, 9.17) is 11.6 Å². The third-order valence-corrected chi connectivity index (χ3v) is 5.91. The SMILES string of the molecule is CN=C(NCCCc1ccc(Cl)cc1)NC1CCN(c2cccs2)CC1. The first-order valence-corrected chi connectivity index (χ1v) is 10.5. The molecule has 0 atom stereocenters. The van der Waals surface area contributed by atoms with Crippen LogP contribution in [-0.2, 0) is 6.42 Å². The Morgan fingerprint density at radius 3 is 2.65 bits per heavy atom. The summed E-state index contributed by atoms with van der Waals surface area (Å²) in [6.07, 6.45) is 4.40. The Hall–Kier alpha value is -1.72. The monoisotopic (exact) mass is 390 g/mol. The topological polar surface area (TPSA) is 39.7 Å². The lowest BCUT2D eigenvalue weighted by atomic mass is 10.1. The van der Waals surface area contributed by atoms with Crippen molar-refractivity contribution in [3.8, 4) is 0 Å². The highest BCUT2D eigenvalue weighted by molar-refractivity contribution is 7.14. The van der Waals surface area contributed by atoms with Gasteiger partial charge in [-0.1, -0.05) is 23.7 Å². The largest absolute Gasteiger partial charge is 0.363 e. The second kappa shape index (κ2) is 9.83. The Morgan fingerprint density at radius 1 is 1.23 bits per heavy atom. The molecule has 6 heteroatoms. The molecular weight excluding hydrogens is 364 g/mol. The molecule has 0 radical (unpaired) electrons. The molecule has 2 heterocycles. The summed E-state index contributed by atoms with van der Waals surface area (Å²) in [7, 11) is 1.84. The highest BCUT2D eigenvalue weighted by atomic mass is 35.5. The second-order valence-electron chi connectivity index (χ2n) is 6.59. The Kier molecular flexibility index (Phi) is 7.21. The van der Waals surface area contributed by atoms with E-state index in [1.54, 1.807) is 0 Å². The van der Waals surface area contributed by atoms with Gasteiger partial charge in [-0.2, -0.15) is 0 Å². The van der Waals surface area contributed by atoms with Gasteiger partial charge in [-0.3, -0.25) is 4.99 Å². The summed E-state index contributed by atoms with van der Waals surface area (Å²) in [5.41, 5.74) is 1.32. The van der Waals surface area contributed by atoms with Crippen LogP contribution in [0.5, 0.6) is 0 Å². The van der Waals surface area contributed by atoms with Crippen LogP contribution in [0.1, 0.15) is 24.8 Å². The second-order valence-corrected chi connectivity index (χ2v) is 7.95. The molecule has 2 N–H and O–H groups in total. The molecule has 1 aromatic heterocycles. The highest BCUT2D eigenvalue weighted by Crippen LogP contribution is 2.24. The summed E-state index contributed by atoms with van der Waals surface area (Å²) in [5.74, 6) is 0.913. The first-order valence-electron chi connectivity index (χ1n) is 9.24. The van der Waals surface area contributed by atoms with Crippen LogP contribution in [0.25, 0.3) is 0 Å². The number of thiophene rings is 1. The number of nitrogens with zero attached hydrogens (tertiary/aromatic N) is 2. The zero-order valence-corrected chi connectivity index (χ0v) is 16.8. The maximum atomic E-state index is 5.93. The number of hydrogen-bond acceptors (Lipinski definition) is 3. The van der Waals surface area contributed by atoms with Gasteiger partial charge in [-0.25, -0.2) is 0 Å². The fourth-order valence-corrected chi connectivity index (χ4v) is 4.14. The maximum absolute atomic E-state index is 5.93. The Labute approximate surface area is 165 Å². The molecule has 2 aromatic rings. The van der Waals surface area contributed by atoms with Crippen molar-refractivity contribution >= 4 is 33.9 Å². The van der Waals surface area contributed by atoms with Gasteiger partial charge in [-0.05, 0) is 60.9 Å². The molecule has 0 bridgehead atoms. The van der Waals surface area contributed by atoms with Crippen LogP contribution in [0.3, 0.4) is 0 Å². The van der Waals surface area contributed by atoms with Crippen LogP contribution in [0.2, 0.25) is 5.02 Å². The number of aliphatic imine (C=N–C) groups is 1. The third-order valence-electron chi connectivity index (χ3n) is 4.73. The van der Waals surface area contributed by atoms with E-state index >= 15 is 0 Å². The van der Waals surface area contributed by atoms with Crippen molar-refractivity contribution in [3.63, 3.8) is 0 Å². The normalized spacial score (nSPS) is 15.9.